The van der Waals surface area contributed by atoms with E-state index in [4.69, 9.17) is 27.6 Å². The largest absolute Gasteiger partial charge is 0.492 e. The van der Waals surface area contributed by atoms with E-state index in [-0.39, 0.29) is 17.8 Å². The molecule has 166 valence electrons. The van der Waals surface area contributed by atoms with Gasteiger partial charge in [-0.1, -0.05) is 40.6 Å². The minimum atomic E-state index is -0.338. The molecule has 0 radical (unpaired) electrons. The van der Waals surface area contributed by atoms with Gasteiger partial charge in [-0.05, 0) is 29.8 Å². The number of carbonyl (C=O) groups excluding carboxylic acids is 1. The average molecular weight is 492 g/mol. The Bertz CT molecular complexity index is 1280. The molecule has 1 N–H and O–H groups in total. The lowest BCUT2D eigenvalue weighted by Crippen LogP contribution is -2.49. The fourth-order valence-electron chi connectivity index (χ4n) is 3.96. The summed E-state index contributed by atoms with van der Waals surface area (Å²) in [6, 6.07) is 8.53. The van der Waals surface area contributed by atoms with Gasteiger partial charge in [0.1, 0.15) is 0 Å². The first-order chi connectivity index (χ1) is 15.4. The number of halogens is 2. The molecule has 32 heavy (non-hydrogen) atoms. The summed E-state index contributed by atoms with van der Waals surface area (Å²) < 4.78 is 6.79. The van der Waals surface area contributed by atoms with E-state index in [1.165, 1.54) is 15.9 Å². The van der Waals surface area contributed by atoms with Gasteiger partial charge in [0, 0.05) is 43.1 Å². The van der Waals surface area contributed by atoms with Crippen LogP contribution in [0, 0.1) is 0 Å². The highest BCUT2D eigenvalue weighted by Gasteiger charge is 2.33. The Morgan fingerprint density at radius 3 is 2.62 bits per heavy atom. The Labute approximate surface area is 197 Å². The molecule has 1 atom stereocenters. The summed E-state index contributed by atoms with van der Waals surface area (Å²) in [6.45, 7) is 4.04. The molecule has 1 amide bonds. The second-order valence-electron chi connectivity index (χ2n) is 7.51. The van der Waals surface area contributed by atoms with Gasteiger partial charge in [-0.15, -0.1) is 5.10 Å². The van der Waals surface area contributed by atoms with E-state index < -0.39 is 0 Å². The maximum Gasteiger partial charge on any atom is 0.230 e. The molecular formula is C21H19Cl2N5O3S. The smallest absolute Gasteiger partial charge is 0.230 e. The molecule has 0 bridgehead atoms. The number of furan rings is 1. The molecule has 4 aromatic rings. The Kier molecular flexibility index (Phi) is 5.58. The van der Waals surface area contributed by atoms with Crippen LogP contribution in [0.25, 0.3) is 16.5 Å². The standard InChI is InChI=1S/C21H19Cl2N5O3S/c1-12(29)26-6-8-27(9-7-26)17(14-5-4-13(22)11-15(14)23)18-20(30)28-21(32-18)24-19(25-28)16-3-2-10-31-16/h2-5,10-11,17,30H,6-9H2,1H3. The molecule has 0 spiro atoms. The lowest BCUT2D eigenvalue weighted by atomic mass is 10.0. The third-order valence-corrected chi connectivity index (χ3v) is 7.21. The molecule has 1 unspecified atom stereocenters. The van der Waals surface area contributed by atoms with E-state index in [1.54, 1.807) is 37.5 Å². The average Bonchev–Trinajstić information content (AvgIpc) is 3.49. The van der Waals surface area contributed by atoms with E-state index in [0.717, 1.165) is 5.56 Å². The number of piperazine rings is 1. The number of hydrogen-bond donors (Lipinski definition) is 1. The third-order valence-electron chi connectivity index (χ3n) is 5.57. The summed E-state index contributed by atoms with van der Waals surface area (Å²) in [7, 11) is 0. The lowest BCUT2D eigenvalue weighted by Gasteiger charge is -2.39. The number of aromatic nitrogens is 3. The van der Waals surface area contributed by atoms with Crippen molar-refractivity contribution in [3.8, 4) is 17.5 Å². The van der Waals surface area contributed by atoms with E-state index in [0.29, 0.717) is 57.6 Å². The van der Waals surface area contributed by atoms with Crippen LogP contribution in [0.4, 0.5) is 0 Å². The van der Waals surface area contributed by atoms with E-state index in [9.17, 15) is 9.90 Å². The Hall–Kier alpha value is -2.59. The van der Waals surface area contributed by atoms with Gasteiger partial charge in [-0.2, -0.15) is 9.50 Å². The van der Waals surface area contributed by atoms with Gasteiger partial charge >= 0.3 is 0 Å². The normalized spacial score (nSPS) is 16.0. The van der Waals surface area contributed by atoms with Crippen LogP contribution in [-0.2, 0) is 4.79 Å². The van der Waals surface area contributed by atoms with Gasteiger partial charge in [0.25, 0.3) is 0 Å². The molecule has 1 saturated heterocycles. The van der Waals surface area contributed by atoms with Gasteiger partial charge in [-0.25, -0.2) is 0 Å². The maximum absolute atomic E-state index is 11.8. The number of carbonyl (C=O) groups is 1. The number of fused-ring (bicyclic) bond motifs is 1. The first-order valence-electron chi connectivity index (χ1n) is 9.99. The quantitative estimate of drug-likeness (QED) is 0.457. The van der Waals surface area contributed by atoms with E-state index in [2.05, 4.69) is 15.0 Å². The number of thiazole rings is 1. The van der Waals surface area contributed by atoms with Gasteiger partial charge < -0.3 is 14.4 Å². The van der Waals surface area contributed by atoms with Crippen molar-refractivity contribution in [2.24, 2.45) is 0 Å². The highest BCUT2D eigenvalue weighted by atomic mass is 35.5. The molecule has 0 saturated carbocycles. The second kappa shape index (κ2) is 8.40. The molecule has 8 nitrogen and oxygen atoms in total. The molecular weight excluding hydrogens is 473 g/mol. The van der Waals surface area contributed by atoms with Gasteiger partial charge in [0.15, 0.2) is 5.76 Å². The van der Waals surface area contributed by atoms with E-state index in [1.807, 2.05) is 11.0 Å². The van der Waals surface area contributed by atoms with Crippen molar-refractivity contribution in [3.63, 3.8) is 0 Å². The van der Waals surface area contributed by atoms with Crippen molar-refractivity contribution in [2.75, 3.05) is 26.2 Å². The summed E-state index contributed by atoms with van der Waals surface area (Å²) in [5, 5.41) is 16.6. The molecule has 1 aromatic carbocycles. The first-order valence-corrected chi connectivity index (χ1v) is 11.6. The van der Waals surface area contributed by atoms with E-state index >= 15 is 0 Å². The van der Waals surface area contributed by atoms with Crippen LogP contribution in [-0.4, -0.2) is 61.6 Å². The zero-order valence-corrected chi connectivity index (χ0v) is 19.4. The summed E-state index contributed by atoms with van der Waals surface area (Å²) >= 11 is 14.1. The number of amides is 1. The Balaban J connectivity index is 1.57. The highest BCUT2D eigenvalue weighted by molar-refractivity contribution is 7.17. The monoisotopic (exact) mass is 491 g/mol. The number of aromatic hydroxyl groups is 1. The summed E-state index contributed by atoms with van der Waals surface area (Å²) in [5.74, 6) is 0.983. The van der Waals surface area contributed by atoms with Crippen molar-refractivity contribution >= 4 is 45.4 Å². The molecule has 11 heteroatoms. The van der Waals surface area contributed by atoms with Crippen LogP contribution < -0.4 is 0 Å². The summed E-state index contributed by atoms with van der Waals surface area (Å²) in [4.78, 5) is 21.5. The SMILES string of the molecule is CC(=O)N1CCN(C(c2ccc(Cl)cc2Cl)c2sc3nc(-c4ccco4)nn3c2O)CC1. The van der Waals surface area contributed by atoms with Crippen molar-refractivity contribution in [1.82, 2.24) is 24.4 Å². The van der Waals surface area contributed by atoms with Crippen molar-refractivity contribution in [3.05, 3.63) is 57.1 Å². The zero-order chi connectivity index (χ0) is 22.4. The summed E-state index contributed by atoms with van der Waals surface area (Å²) in [6.07, 6.45) is 1.55. The second-order valence-corrected chi connectivity index (χ2v) is 9.36. The minimum Gasteiger partial charge on any atom is -0.492 e. The van der Waals surface area contributed by atoms with Gasteiger partial charge in [-0.3, -0.25) is 9.69 Å². The number of hydrogen-bond acceptors (Lipinski definition) is 7. The number of benzene rings is 1. The predicted molar refractivity (Wildman–Crippen MR) is 122 cm³/mol. The molecule has 4 heterocycles. The van der Waals surface area contributed by atoms with Crippen LogP contribution >= 0.6 is 34.5 Å². The summed E-state index contributed by atoms with van der Waals surface area (Å²) in [5.41, 5.74) is 0.818. The van der Waals surface area contributed by atoms with Crippen molar-refractivity contribution < 1.29 is 14.3 Å². The fraction of sp³-hybridized carbons (Fsp3) is 0.286. The predicted octanol–water partition coefficient (Wildman–Crippen LogP) is 4.32. The van der Waals surface area contributed by atoms with Crippen LogP contribution in [0.3, 0.4) is 0 Å². The van der Waals surface area contributed by atoms with Gasteiger partial charge in [0.05, 0.1) is 17.2 Å². The number of rotatable bonds is 4. The van der Waals surface area contributed by atoms with Crippen molar-refractivity contribution in [1.29, 1.82) is 0 Å². The van der Waals surface area contributed by atoms with Crippen molar-refractivity contribution in [2.45, 2.75) is 13.0 Å². The minimum absolute atomic E-state index is 0.000297. The molecule has 1 aliphatic heterocycles. The van der Waals surface area contributed by atoms with Crippen LogP contribution in [0.5, 0.6) is 5.88 Å². The van der Waals surface area contributed by atoms with Crippen LogP contribution in [0.2, 0.25) is 10.0 Å². The molecule has 3 aromatic heterocycles. The lowest BCUT2D eigenvalue weighted by molar-refractivity contribution is -0.130. The Morgan fingerprint density at radius 1 is 1.22 bits per heavy atom. The highest BCUT2D eigenvalue weighted by Crippen LogP contribution is 2.43. The van der Waals surface area contributed by atoms with Crippen LogP contribution in [0.1, 0.15) is 23.4 Å². The Morgan fingerprint density at radius 2 is 2.00 bits per heavy atom. The third kappa shape index (κ3) is 3.75. The molecule has 5 rings (SSSR count). The number of nitrogens with zero attached hydrogens (tertiary/aromatic N) is 5. The topological polar surface area (TPSA) is 87.1 Å². The van der Waals surface area contributed by atoms with Crippen LogP contribution in [0.15, 0.2) is 41.0 Å². The van der Waals surface area contributed by atoms with Gasteiger partial charge in [0.2, 0.25) is 22.6 Å². The fourth-order valence-corrected chi connectivity index (χ4v) is 5.58. The zero-order valence-electron chi connectivity index (χ0n) is 17.0. The molecule has 1 fully saturated rings. The molecule has 0 aliphatic carbocycles. The molecule has 1 aliphatic rings. The first kappa shape index (κ1) is 21.3. The maximum atomic E-state index is 11.8.